The van der Waals surface area contributed by atoms with Gasteiger partial charge in [-0.3, -0.25) is 4.79 Å². The molecule has 0 spiro atoms. The van der Waals surface area contributed by atoms with Crippen LogP contribution in [-0.4, -0.2) is 29.3 Å². The average Bonchev–Trinajstić information content (AvgIpc) is 3.29. The van der Waals surface area contributed by atoms with Gasteiger partial charge < -0.3 is 10.1 Å². The van der Waals surface area contributed by atoms with Crippen molar-refractivity contribution in [3.05, 3.63) is 81.7 Å². The normalized spacial score (nSPS) is 11.2. The number of benzene rings is 2. The number of rotatable bonds is 7. The van der Waals surface area contributed by atoms with Crippen LogP contribution in [0.4, 0.5) is 4.39 Å². The van der Waals surface area contributed by atoms with Crippen molar-refractivity contribution in [3.8, 4) is 5.69 Å². The highest BCUT2D eigenvalue weighted by molar-refractivity contribution is 7.21. The van der Waals surface area contributed by atoms with Gasteiger partial charge in [-0.25, -0.2) is 9.07 Å². The summed E-state index contributed by atoms with van der Waals surface area (Å²) in [6, 6.07) is 15.1. The first-order valence-electron chi connectivity index (χ1n) is 10.1. The van der Waals surface area contributed by atoms with Gasteiger partial charge in [0.15, 0.2) is 0 Å². The van der Waals surface area contributed by atoms with Crippen molar-refractivity contribution >= 4 is 27.3 Å². The van der Waals surface area contributed by atoms with Crippen molar-refractivity contribution in [2.24, 2.45) is 0 Å². The molecule has 0 bridgehead atoms. The molecule has 0 atom stereocenters. The number of hydrogen-bond acceptors (Lipinski definition) is 4. The average molecular weight is 438 g/mol. The highest BCUT2D eigenvalue weighted by Gasteiger charge is 2.20. The zero-order chi connectivity index (χ0) is 22.0. The van der Waals surface area contributed by atoms with Crippen molar-refractivity contribution in [2.75, 3.05) is 13.7 Å². The van der Waals surface area contributed by atoms with Gasteiger partial charge >= 0.3 is 0 Å². The number of carbonyl (C=O) groups excluding carboxylic acids is 1. The SMILES string of the molecule is COCc1c(C(=O)NCCc2ccc(-n3nc(C)cc3C)cc2)sc2cccc(F)c12. The molecule has 1 N–H and O–H groups in total. The van der Waals surface area contributed by atoms with Crippen LogP contribution in [0.2, 0.25) is 0 Å². The molecule has 160 valence electrons. The lowest BCUT2D eigenvalue weighted by Crippen LogP contribution is -2.25. The minimum absolute atomic E-state index is 0.192. The van der Waals surface area contributed by atoms with Crippen LogP contribution < -0.4 is 5.32 Å². The van der Waals surface area contributed by atoms with Gasteiger partial charge in [0.05, 0.1) is 22.9 Å². The Hall–Kier alpha value is -3.03. The Balaban J connectivity index is 1.43. The summed E-state index contributed by atoms with van der Waals surface area (Å²) in [4.78, 5) is 13.3. The van der Waals surface area contributed by atoms with E-state index in [2.05, 4.69) is 10.4 Å². The maximum atomic E-state index is 14.3. The second kappa shape index (κ2) is 8.99. The Kier molecular flexibility index (Phi) is 6.15. The molecule has 0 aliphatic heterocycles. The summed E-state index contributed by atoms with van der Waals surface area (Å²) in [7, 11) is 1.54. The maximum Gasteiger partial charge on any atom is 0.261 e. The number of aryl methyl sites for hydroxylation is 2. The second-order valence-corrected chi connectivity index (χ2v) is 8.52. The van der Waals surface area contributed by atoms with Crippen molar-refractivity contribution in [3.63, 3.8) is 0 Å². The molecule has 0 saturated heterocycles. The van der Waals surface area contributed by atoms with Gasteiger partial charge in [-0.05, 0) is 56.2 Å². The molecule has 7 heteroatoms. The summed E-state index contributed by atoms with van der Waals surface area (Å²) in [6.07, 6.45) is 0.696. The van der Waals surface area contributed by atoms with E-state index in [9.17, 15) is 9.18 Å². The lowest BCUT2D eigenvalue weighted by atomic mass is 10.1. The number of amides is 1. The van der Waals surface area contributed by atoms with E-state index in [0.29, 0.717) is 28.8 Å². The van der Waals surface area contributed by atoms with Crippen LogP contribution in [0, 0.1) is 19.7 Å². The van der Waals surface area contributed by atoms with Gasteiger partial charge in [-0.1, -0.05) is 18.2 Å². The lowest BCUT2D eigenvalue weighted by Gasteiger charge is -2.08. The fraction of sp³-hybridized carbons (Fsp3) is 0.250. The number of aromatic nitrogens is 2. The highest BCUT2D eigenvalue weighted by Crippen LogP contribution is 2.33. The summed E-state index contributed by atoms with van der Waals surface area (Å²) in [5.74, 6) is -0.533. The van der Waals surface area contributed by atoms with Crippen LogP contribution in [0.3, 0.4) is 0 Å². The number of halogens is 1. The molecule has 2 heterocycles. The van der Waals surface area contributed by atoms with E-state index in [1.807, 2.05) is 54.9 Å². The van der Waals surface area contributed by atoms with Crippen LogP contribution >= 0.6 is 11.3 Å². The predicted molar refractivity (Wildman–Crippen MR) is 122 cm³/mol. The van der Waals surface area contributed by atoms with Crippen LogP contribution in [0.15, 0.2) is 48.5 Å². The van der Waals surface area contributed by atoms with Gasteiger partial charge in [0.25, 0.3) is 5.91 Å². The minimum Gasteiger partial charge on any atom is -0.380 e. The fourth-order valence-corrected chi connectivity index (χ4v) is 4.87. The first-order valence-corrected chi connectivity index (χ1v) is 10.9. The number of methoxy groups -OCH3 is 1. The van der Waals surface area contributed by atoms with E-state index in [1.165, 1.54) is 17.4 Å². The van der Waals surface area contributed by atoms with Crippen molar-refractivity contribution in [2.45, 2.75) is 26.9 Å². The smallest absolute Gasteiger partial charge is 0.261 e. The number of hydrogen-bond donors (Lipinski definition) is 1. The summed E-state index contributed by atoms with van der Waals surface area (Å²) in [5.41, 5.74) is 4.80. The van der Waals surface area contributed by atoms with Gasteiger partial charge in [0.2, 0.25) is 0 Å². The Morgan fingerprint density at radius 3 is 2.65 bits per heavy atom. The zero-order valence-corrected chi connectivity index (χ0v) is 18.6. The molecule has 2 aromatic carbocycles. The number of fused-ring (bicyclic) bond motifs is 1. The van der Waals surface area contributed by atoms with E-state index in [1.54, 1.807) is 13.2 Å². The second-order valence-electron chi connectivity index (χ2n) is 7.47. The third-order valence-corrected chi connectivity index (χ3v) is 6.34. The Morgan fingerprint density at radius 1 is 1.19 bits per heavy atom. The van der Waals surface area contributed by atoms with E-state index in [-0.39, 0.29) is 18.3 Å². The summed E-state index contributed by atoms with van der Waals surface area (Å²) in [6.45, 7) is 4.68. The van der Waals surface area contributed by atoms with E-state index >= 15 is 0 Å². The van der Waals surface area contributed by atoms with Crippen molar-refractivity contribution < 1.29 is 13.9 Å². The third kappa shape index (κ3) is 4.38. The molecule has 4 aromatic rings. The van der Waals surface area contributed by atoms with Gasteiger partial charge in [-0.2, -0.15) is 5.10 Å². The number of thiophene rings is 1. The third-order valence-electron chi connectivity index (χ3n) is 5.15. The fourth-order valence-electron chi connectivity index (χ4n) is 3.73. The van der Waals surface area contributed by atoms with Crippen molar-refractivity contribution in [1.82, 2.24) is 15.1 Å². The molecule has 4 rings (SSSR count). The predicted octanol–water partition coefficient (Wildman–Crippen LogP) is 4.96. The van der Waals surface area contributed by atoms with Gasteiger partial charge in [0, 0.05) is 35.0 Å². The summed E-state index contributed by atoms with van der Waals surface area (Å²) >= 11 is 1.29. The quantitative estimate of drug-likeness (QED) is 0.445. The standard InChI is InChI=1S/C24H24FN3O2S/c1-15-13-16(2)28(27-15)18-9-7-17(8-10-18)11-12-26-24(29)23-19(14-30-3)22-20(25)5-4-6-21(22)31-23/h4-10,13H,11-12,14H2,1-3H3,(H,26,29). The maximum absolute atomic E-state index is 14.3. The largest absolute Gasteiger partial charge is 0.380 e. The minimum atomic E-state index is -0.331. The highest BCUT2D eigenvalue weighted by atomic mass is 32.1. The van der Waals surface area contributed by atoms with Crippen LogP contribution in [0.5, 0.6) is 0 Å². The Morgan fingerprint density at radius 2 is 1.97 bits per heavy atom. The lowest BCUT2D eigenvalue weighted by molar-refractivity contribution is 0.0954. The first kappa shape index (κ1) is 21.2. The molecule has 31 heavy (non-hydrogen) atoms. The number of nitrogens with one attached hydrogen (secondary N) is 1. The molecule has 2 aromatic heterocycles. The topological polar surface area (TPSA) is 56.1 Å². The molecule has 5 nitrogen and oxygen atoms in total. The molecule has 0 unspecified atom stereocenters. The van der Waals surface area contributed by atoms with Crippen LogP contribution in [0.25, 0.3) is 15.8 Å². The van der Waals surface area contributed by atoms with Gasteiger partial charge in [-0.15, -0.1) is 11.3 Å². The molecular weight excluding hydrogens is 413 g/mol. The summed E-state index contributed by atoms with van der Waals surface area (Å²) in [5, 5.41) is 7.93. The zero-order valence-electron chi connectivity index (χ0n) is 17.7. The molecule has 0 aliphatic carbocycles. The molecule has 1 amide bonds. The Bertz CT molecular complexity index is 1230. The first-order chi connectivity index (χ1) is 15.0. The number of carbonyl (C=O) groups is 1. The van der Waals surface area contributed by atoms with Crippen LogP contribution in [-0.2, 0) is 17.8 Å². The molecule has 0 fully saturated rings. The molecule has 0 saturated carbocycles. The van der Waals surface area contributed by atoms with Crippen molar-refractivity contribution in [1.29, 1.82) is 0 Å². The van der Waals surface area contributed by atoms with E-state index in [4.69, 9.17) is 4.74 Å². The molecule has 0 aliphatic rings. The molecular formula is C24H24FN3O2S. The molecule has 0 radical (unpaired) electrons. The van der Waals surface area contributed by atoms with E-state index in [0.717, 1.165) is 27.3 Å². The monoisotopic (exact) mass is 437 g/mol. The van der Waals surface area contributed by atoms with E-state index < -0.39 is 0 Å². The number of ether oxygens (including phenoxy) is 1. The number of nitrogens with zero attached hydrogens (tertiary/aromatic N) is 2. The Labute approximate surface area is 184 Å². The van der Waals surface area contributed by atoms with Crippen LogP contribution in [0.1, 0.15) is 32.2 Å². The summed E-state index contributed by atoms with van der Waals surface area (Å²) < 4.78 is 22.2. The van der Waals surface area contributed by atoms with Gasteiger partial charge in [0.1, 0.15) is 5.82 Å².